The van der Waals surface area contributed by atoms with E-state index in [1.807, 2.05) is 0 Å². The summed E-state index contributed by atoms with van der Waals surface area (Å²) in [5.74, 6) is -0.659. The van der Waals surface area contributed by atoms with Crippen molar-refractivity contribution in [3.8, 4) is 0 Å². The van der Waals surface area contributed by atoms with Crippen molar-refractivity contribution in [3.05, 3.63) is 33.5 Å². The van der Waals surface area contributed by atoms with E-state index in [1.165, 1.54) is 6.07 Å². The maximum Gasteiger partial charge on any atom is 0.407 e. The molecule has 1 fully saturated rings. The van der Waals surface area contributed by atoms with Crippen molar-refractivity contribution in [2.45, 2.75) is 52.2 Å². The summed E-state index contributed by atoms with van der Waals surface area (Å²) in [5, 5.41) is 2.81. The first-order chi connectivity index (χ1) is 11.6. The van der Waals surface area contributed by atoms with Crippen LogP contribution in [0.1, 0.15) is 49.5 Å². The zero-order chi connectivity index (χ0) is 18.8. The highest BCUT2D eigenvalue weighted by atomic mass is 79.9. The Hall–Kier alpha value is -1.63. The van der Waals surface area contributed by atoms with Gasteiger partial charge in [0, 0.05) is 29.2 Å². The minimum atomic E-state index is -0.569. The summed E-state index contributed by atoms with van der Waals surface area (Å²) in [6.07, 6.45) is 1.05. The van der Waals surface area contributed by atoms with Gasteiger partial charge in [0.15, 0.2) is 0 Å². The van der Waals surface area contributed by atoms with Crippen LogP contribution in [0.2, 0.25) is 0 Å². The Kier molecular flexibility index (Phi) is 6.08. The summed E-state index contributed by atoms with van der Waals surface area (Å²) in [7, 11) is 0. The molecule has 1 aliphatic heterocycles. The lowest BCUT2D eigenvalue weighted by Gasteiger charge is -2.33. The number of hydrogen-bond donors (Lipinski definition) is 1. The number of carbonyl (C=O) groups excluding carboxylic acids is 2. The van der Waals surface area contributed by atoms with Crippen molar-refractivity contribution in [2.75, 3.05) is 13.1 Å². The van der Waals surface area contributed by atoms with Crippen molar-refractivity contribution < 1.29 is 18.7 Å². The van der Waals surface area contributed by atoms with Gasteiger partial charge < -0.3 is 15.0 Å². The number of nitrogens with one attached hydrogen (secondary N) is 1. The summed E-state index contributed by atoms with van der Waals surface area (Å²) in [5.41, 5.74) is 0.201. The molecule has 0 radical (unpaired) electrons. The van der Waals surface area contributed by atoms with Gasteiger partial charge in [-0.3, -0.25) is 4.79 Å². The molecule has 1 aromatic carbocycles. The van der Waals surface area contributed by atoms with Crippen molar-refractivity contribution in [3.63, 3.8) is 0 Å². The van der Waals surface area contributed by atoms with Crippen molar-refractivity contribution >= 4 is 27.9 Å². The van der Waals surface area contributed by atoms with Crippen molar-refractivity contribution in [1.82, 2.24) is 10.2 Å². The normalized spacial score (nSPS) is 18.0. The van der Waals surface area contributed by atoms with Gasteiger partial charge in [-0.1, -0.05) is 15.9 Å². The molecule has 138 valence electrons. The van der Waals surface area contributed by atoms with Gasteiger partial charge in [-0.25, -0.2) is 9.18 Å². The Morgan fingerprint density at radius 2 is 2.04 bits per heavy atom. The van der Waals surface area contributed by atoms with Crippen LogP contribution in [0.4, 0.5) is 9.18 Å². The van der Waals surface area contributed by atoms with E-state index >= 15 is 0 Å². The van der Waals surface area contributed by atoms with E-state index in [0.29, 0.717) is 28.7 Å². The van der Waals surface area contributed by atoms with Gasteiger partial charge in [-0.05, 0) is 58.2 Å². The Labute approximate surface area is 156 Å². The maximum atomic E-state index is 13.9. The Morgan fingerprint density at radius 3 is 2.64 bits per heavy atom. The Bertz CT molecular complexity index is 650. The molecule has 0 saturated carbocycles. The quantitative estimate of drug-likeness (QED) is 0.794. The molecule has 1 atom stereocenters. The monoisotopic (exact) mass is 414 g/mol. The molecule has 25 heavy (non-hydrogen) atoms. The largest absolute Gasteiger partial charge is 0.444 e. The Balaban J connectivity index is 2.03. The van der Waals surface area contributed by atoms with E-state index in [2.05, 4.69) is 21.2 Å². The topological polar surface area (TPSA) is 58.6 Å². The molecule has 1 heterocycles. The molecule has 5 nitrogen and oxygen atoms in total. The number of likely N-dealkylation sites (tertiary alicyclic amines) is 1. The Morgan fingerprint density at radius 1 is 1.36 bits per heavy atom. The number of alkyl carbamates (subject to hydrolysis) is 1. The van der Waals surface area contributed by atoms with Crippen LogP contribution in [0.25, 0.3) is 0 Å². The molecular formula is C18H24BrFN2O3. The van der Waals surface area contributed by atoms with Gasteiger partial charge in [-0.2, -0.15) is 0 Å². The third-order valence-corrected chi connectivity index (χ3v) is 4.78. The summed E-state index contributed by atoms with van der Waals surface area (Å²) in [4.78, 5) is 26.2. The smallest absolute Gasteiger partial charge is 0.407 e. The molecule has 7 heteroatoms. The first-order valence-corrected chi connectivity index (χ1v) is 9.10. The number of hydrogen-bond acceptors (Lipinski definition) is 3. The highest BCUT2D eigenvalue weighted by Crippen LogP contribution is 2.23. The fourth-order valence-corrected chi connectivity index (χ4v) is 3.14. The highest BCUT2D eigenvalue weighted by Gasteiger charge is 2.27. The molecular weight excluding hydrogens is 391 g/mol. The van der Waals surface area contributed by atoms with Crippen LogP contribution in [-0.2, 0) is 4.74 Å². The predicted octanol–water partition coefficient (Wildman–Crippen LogP) is 4.03. The molecule has 0 aromatic heterocycles. The van der Waals surface area contributed by atoms with Crippen molar-refractivity contribution in [1.29, 1.82) is 0 Å². The van der Waals surface area contributed by atoms with Gasteiger partial charge in [0.1, 0.15) is 11.4 Å². The third-order valence-electron chi connectivity index (χ3n) is 3.96. The molecule has 0 bridgehead atoms. The number of piperidine rings is 1. The summed E-state index contributed by atoms with van der Waals surface area (Å²) in [6.45, 7) is 8.01. The average Bonchev–Trinajstić information content (AvgIpc) is 2.49. The molecule has 1 aliphatic rings. The number of halogens is 2. The minimum absolute atomic E-state index is 0.175. The van der Waals surface area contributed by atoms with E-state index < -0.39 is 17.5 Å². The average molecular weight is 415 g/mol. The zero-order valence-electron chi connectivity index (χ0n) is 15.0. The van der Waals surface area contributed by atoms with E-state index in [9.17, 15) is 14.0 Å². The van der Waals surface area contributed by atoms with Crippen LogP contribution in [0.5, 0.6) is 0 Å². The first-order valence-electron chi connectivity index (χ1n) is 8.31. The van der Waals surface area contributed by atoms with Gasteiger partial charge in [-0.15, -0.1) is 0 Å². The fourth-order valence-electron chi connectivity index (χ4n) is 2.70. The first kappa shape index (κ1) is 19.7. The standard InChI is InChI=1S/C18H24BrFN2O3/c1-11-14(19)8-12(9-15(11)20)16(23)22-7-5-6-13(10-22)21-17(24)25-18(2,3)4/h8-9,13H,5-7,10H2,1-4H3,(H,21,24)/t13-/m1/s1. The van der Waals surface area contributed by atoms with Crippen molar-refractivity contribution in [2.24, 2.45) is 0 Å². The lowest BCUT2D eigenvalue weighted by molar-refractivity contribution is 0.0452. The number of carbonyl (C=O) groups is 2. The third kappa shape index (κ3) is 5.42. The molecule has 0 unspecified atom stereocenters. The van der Waals surface area contributed by atoms with E-state index in [0.717, 1.165) is 12.8 Å². The summed E-state index contributed by atoms with van der Waals surface area (Å²) >= 11 is 3.28. The second kappa shape index (κ2) is 7.72. The molecule has 0 spiro atoms. The van der Waals surface area contributed by atoms with Gasteiger partial charge in [0.25, 0.3) is 5.91 Å². The number of amides is 2. The van der Waals surface area contributed by atoms with Crippen LogP contribution in [-0.4, -0.2) is 41.6 Å². The van der Waals surface area contributed by atoms with Crippen LogP contribution in [0.15, 0.2) is 16.6 Å². The zero-order valence-corrected chi connectivity index (χ0v) is 16.6. The molecule has 2 amide bonds. The molecule has 0 aliphatic carbocycles. The van der Waals surface area contributed by atoms with Crippen LogP contribution in [0, 0.1) is 12.7 Å². The van der Waals surface area contributed by atoms with Gasteiger partial charge in [0.2, 0.25) is 0 Å². The summed E-state index contributed by atoms with van der Waals surface area (Å²) in [6, 6.07) is 2.71. The second-order valence-corrected chi connectivity index (χ2v) is 8.16. The van der Waals surface area contributed by atoms with E-state index in [4.69, 9.17) is 4.74 Å². The molecule has 1 saturated heterocycles. The SMILES string of the molecule is Cc1c(F)cc(C(=O)N2CCC[C@@H](NC(=O)OC(C)(C)C)C2)cc1Br. The molecule has 1 aromatic rings. The lowest BCUT2D eigenvalue weighted by Crippen LogP contribution is -2.50. The fraction of sp³-hybridized carbons (Fsp3) is 0.556. The van der Waals surface area contributed by atoms with Gasteiger partial charge in [0.05, 0.1) is 0 Å². The number of benzene rings is 1. The van der Waals surface area contributed by atoms with Crippen LogP contribution >= 0.6 is 15.9 Å². The number of ether oxygens (including phenoxy) is 1. The highest BCUT2D eigenvalue weighted by molar-refractivity contribution is 9.10. The predicted molar refractivity (Wildman–Crippen MR) is 97.1 cm³/mol. The summed E-state index contributed by atoms with van der Waals surface area (Å²) < 4.78 is 19.7. The van der Waals surface area contributed by atoms with Crippen LogP contribution in [0.3, 0.4) is 0 Å². The maximum absolute atomic E-state index is 13.9. The lowest BCUT2D eigenvalue weighted by atomic mass is 10.0. The minimum Gasteiger partial charge on any atom is -0.444 e. The molecule has 1 N–H and O–H groups in total. The second-order valence-electron chi connectivity index (χ2n) is 7.30. The molecule has 2 rings (SSSR count). The van der Waals surface area contributed by atoms with Crippen LogP contribution < -0.4 is 5.32 Å². The van der Waals surface area contributed by atoms with Gasteiger partial charge >= 0.3 is 6.09 Å². The van der Waals surface area contributed by atoms with E-state index in [1.54, 1.807) is 38.7 Å². The van der Waals surface area contributed by atoms with E-state index in [-0.39, 0.29) is 11.9 Å². The number of nitrogens with zero attached hydrogens (tertiary/aromatic N) is 1. The number of rotatable bonds is 2.